The van der Waals surface area contributed by atoms with Gasteiger partial charge in [-0.05, 0) is 74.7 Å². The number of benzene rings is 1. The number of carbonyl (C=O) groups is 1. The molecule has 3 rings (SSSR count). The first-order chi connectivity index (χ1) is 13.0. The van der Waals surface area contributed by atoms with Crippen molar-refractivity contribution in [3.63, 3.8) is 0 Å². The molecule has 0 atom stereocenters. The molecular weight excluding hydrogens is 334 g/mol. The topological polar surface area (TPSA) is 40.5 Å². The van der Waals surface area contributed by atoms with Crippen LogP contribution in [0.5, 0.6) is 0 Å². The van der Waals surface area contributed by atoms with Gasteiger partial charge >= 0.3 is 5.97 Å². The van der Waals surface area contributed by atoms with Gasteiger partial charge in [0.15, 0.2) is 0 Å². The van der Waals surface area contributed by atoms with Crippen molar-refractivity contribution in [1.82, 2.24) is 4.90 Å². The molecule has 0 unspecified atom stereocenters. The normalized spacial score (nSPS) is 16.4. The van der Waals surface area contributed by atoms with Gasteiger partial charge in [-0.15, -0.1) is 0 Å². The van der Waals surface area contributed by atoms with Gasteiger partial charge in [-0.3, -0.25) is 4.90 Å². The Morgan fingerprint density at radius 2 is 1.85 bits per heavy atom. The lowest BCUT2D eigenvalue weighted by atomic mass is 9.89. The van der Waals surface area contributed by atoms with Crippen LogP contribution in [0.25, 0.3) is 0 Å². The molecule has 0 aromatic heterocycles. The van der Waals surface area contributed by atoms with E-state index in [1.165, 1.54) is 29.6 Å². The molecule has 1 fully saturated rings. The van der Waals surface area contributed by atoms with Crippen LogP contribution in [0.1, 0.15) is 56.0 Å². The highest BCUT2D eigenvalue weighted by Gasteiger charge is 2.29. The van der Waals surface area contributed by atoms with Gasteiger partial charge in [-0.2, -0.15) is 0 Å². The van der Waals surface area contributed by atoms with Crippen LogP contribution >= 0.6 is 0 Å². The molecule has 0 saturated heterocycles. The summed E-state index contributed by atoms with van der Waals surface area (Å²) in [5.74, 6) is 5.51. The Hall–Kier alpha value is -2.57. The van der Waals surface area contributed by atoms with E-state index < -0.39 is 5.97 Å². The number of carboxylic acids is 1. The molecule has 27 heavy (non-hydrogen) atoms. The molecule has 2 aliphatic rings. The van der Waals surface area contributed by atoms with Gasteiger partial charge in [0.2, 0.25) is 0 Å². The number of carboxylic acid groups (broad SMARTS) is 1. The Morgan fingerprint density at radius 3 is 2.41 bits per heavy atom. The summed E-state index contributed by atoms with van der Waals surface area (Å²) < 4.78 is 0. The Morgan fingerprint density at radius 1 is 1.15 bits per heavy atom. The third-order valence-corrected chi connectivity index (χ3v) is 5.19. The van der Waals surface area contributed by atoms with E-state index in [0.717, 1.165) is 36.7 Å². The van der Waals surface area contributed by atoms with Gasteiger partial charge in [-0.1, -0.05) is 30.4 Å². The molecule has 3 heteroatoms. The number of rotatable bonds is 5. The smallest absolute Gasteiger partial charge is 0.335 e. The predicted octanol–water partition coefficient (Wildman–Crippen LogP) is 4.81. The Kier molecular flexibility index (Phi) is 5.98. The number of allylic oxidation sites excluding steroid dienone is 4. The van der Waals surface area contributed by atoms with Gasteiger partial charge < -0.3 is 5.11 Å². The minimum atomic E-state index is -0.914. The first-order valence-electron chi connectivity index (χ1n) is 9.63. The summed E-state index contributed by atoms with van der Waals surface area (Å²) in [7, 11) is 0. The number of nitrogens with zero attached hydrogens (tertiary/aromatic N) is 1. The van der Waals surface area contributed by atoms with Crippen molar-refractivity contribution >= 4 is 5.97 Å². The van der Waals surface area contributed by atoms with Crippen LogP contribution in [0.4, 0.5) is 0 Å². The van der Waals surface area contributed by atoms with Crippen molar-refractivity contribution < 1.29 is 9.90 Å². The van der Waals surface area contributed by atoms with E-state index in [2.05, 4.69) is 49.7 Å². The fourth-order valence-electron chi connectivity index (χ4n) is 3.40. The molecule has 1 N–H and O–H groups in total. The lowest BCUT2D eigenvalue weighted by Crippen LogP contribution is -2.29. The average Bonchev–Trinajstić information content (AvgIpc) is 3.50. The van der Waals surface area contributed by atoms with E-state index >= 15 is 0 Å². The number of hydrogen-bond acceptors (Lipinski definition) is 2. The minimum absolute atomic E-state index is 0.285. The van der Waals surface area contributed by atoms with Crippen LogP contribution in [-0.4, -0.2) is 35.1 Å². The van der Waals surface area contributed by atoms with E-state index in [4.69, 9.17) is 5.11 Å². The summed E-state index contributed by atoms with van der Waals surface area (Å²) in [6, 6.07) is 7.49. The van der Waals surface area contributed by atoms with Crippen molar-refractivity contribution in [1.29, 1.82) is 0 Å². The first-order valence-corrected chi connectivity index (χ1v) is 9.63. The first kappa shape index (κ1) is 19.2. The highest BCUT2D eigenvalue weighted by Crippen LogP contribution is 2.32. The van der Waals surface area contributed by atoms with Crippen LogP contribution in [-0.2, 0) is 0 Å². The van der Waals surface area contributed by atoms with E-state index in [1.807, 2.05) is 0 Å². The molecule has 2 aliphatic carbocycles. The molecule has 0 bridgehead atoms. The van der Waals surface area contributed by atoms with Crippen LogP contribution in [0.2, 0.25) is 0 Å². The third kappa shape index (κ3) is 4.99. The van der Waals surface area contributed by atoms with Gasteiger partial charge in [0, 0.05) is 30.1 Å². The van der Waals surface area contributed by atoms with E-state index in [9.17, 15) is 4.79 Å². The second kappa shape index (κ2) is 8.41. The molecule has 1 aromatic rings. The maximum Gasteiger partial charge on any atom is 0.335 e. The lowest BCUT2D eigenvalue weighted by molar-refractivity contribution is 0.0697. The molecular formula is C24H27NO2. The molecule has 3 nitrogen and oxygen atoms in total. The fraction of sp³-hybridized carbons (Fsp3) is 0.375. The fourth-order valence-corrected chi connectivity index (χ4v) is 3.40. The van der Waals surface area contributed by atoms with E-state index in [1.54, 1.807) is 24.3 Å². The second-order valence-corrected chi connectivity index (χ2v) is 7.47. The molecule has 0 spiro atoms. The zero-order valence-corrected chi connectivity index (χ0v) is 16.4. The van der Waals surface area contributed by atoms with Crippen LogP contribution < -0.4 is 0 Å². The van der Waals surface area contributed by atoms with E-state index in [0.29, 0.717) is 0 Å². The standard InChI is InChI=1S/C24H27NO2/c1-4-25(22-13-14-22)16-21-12-9-19(15-23(21)17(2)3)6-5-18-7-10-20(11-8-18)24(26)27/h7-12,22H,4,13-16H2,1-3H3,(H,26,27). The number of likely N-dealkylation sites (N-methyl/N-ethyl adjacent to an activating group) is 1. The van der Waals surface area contributed by atoms with Crippen LogP contribution in [0, 0.1) is 11.8 Å². The SMILES string of the molecule is CCN(CC1=CC=C(C#Cc2ccc(C(=O)O)cc2)CC1=C(C)C)C1CC1. The molecule has 0 heterocycles. The van der Waals surface area contributed by atoms with Crippen molar-refractivity contribution in [3.05, 3.63) is 69.8 Å². The summed E-state index contributed by atoms with van der Waals surface area (Å²) in [5.41, 5.74) is 6.40. The summed E-state index contributed by atoms with van der Waals surface area (Å²) >= 11 is 0. The zero-order valence-electron chi connectivity index (χ0n) is 16.4. The van der Waals surface area contributed by atoms with Crippen molar-refractivity contribution in [2.24, 2.45) is 0 Å². The summed E-state index contributed by atoms with van der Waals surface area (Å²) in [6.07, 6.45) is 7.91. The molecule has 1 aromatic carbocycles. The third-order valence-electron chi connectivity index (χ3n) is 5.19. The summed E-state index contributed by atoms with van der Waals surface area (Å²) in [4.78, 5) is 13.5. The van der Waals surface area contributed by atoms with Crippen molar-refractivity contribution in [2.75, 3.05) is 13.1 Å². The Balaban J connectivity index is 1.77. The number of aromatic carboxylic acids is 1. The Bertz CT molecular complexity index is 867. The van der Waals surface area contributed by atoms with Gasteiger partial charge in [0.1, 0.15) is 0 Å². The highest BCUT2D eigenvalue weighted by atomic mass is 16.4. The quantitative estimate of drug-likeness (QED) is 0.765. The second-order valence-electron chi connectivity index (χ2n) is 7.47. The molecule has 0 amide bonds. The maximum absolute atomic E-state index is 10.9. The Labute approximate surface area is 162 Å². The van der Waals surface area contributed by atoms with Gasteiger partial charge in [-0.25, -0.2) is 4.79 Å². The molecule has 1 saturated carbocycles. The predicted molar refractivity (Wildman–Crippen MR) is 110 cm³/mol. The zero-order chi connectivity index (χ0) is 19.4. The number of hydrogen-bond donors (Lipinski definition) is 1. The van der Waals surface area contributed by atoms with Crippen LogP contribution in [0.15, 0.2) is 58.7 Å². The van der Waals surface area contributed by atoms with Gasteiger partial charge in [0.25, 0.3) is 0 Å². The summed E-state index contributed by atoms with van der Waals surface area (Å²) in [6.45, 7) is 8.72. The maximum atomic E-state index is 10.9. The van der Waals surface area contributed by atoms with Crippen molar-refractivity contribution in [3.8, 4) is 11.8 Å². The monoisotopic (exact) mass is 361 g/mol. The average molecular weight is 361 g/mol. The lowest BCUT2D eigenvalue weighted by Gasteiger charge is -2.25. The van der Waals surface area contributed by atoms with Crippen LogP contribution in [0.3, 0.4) is 0 Å². The molecule has 0 radical (unpaired) electrons. The highest BCUT2D eigenvalue weighted by molar-refractivity contribution is 5.87. The largest absolute Gasteiger partial charge is 0.478 e. The summed E-state index contributed by atoms with van der Waals surface area (Å²) in [5, 5.41) is 8.97. The minimum Gasteiger partial charge on any atom is -0.478 e. The van der Waals surface area contributed by atoms with Crippen molar-refractivity contribution in [2.45, 2.75) is 46.1 Å². The molecule has 140 valence electrons. The van der Waals surface area contributed by atoms with E-state index in [-0.39, 0.29) is 5.56 Å². The van der Waals surface area contributed by atoms with Gasteiger partial charge in [0.05, 0.1) is 5.56 Å². The molecule has 0 aliphatic heterocycles.